The fourth-order valence-corrected chi connectivity index (χ4v) is 4.15. The Bertz CT molecular complexity index is 848. The number of fused-ring (bicyclic) bond motifs is 1. The molecule has 0 unspecified atom stereocenters. The summed E-state index contributed by atoms with van der Waals surface area (Å²) < 4.78 is 4.28. The summed E-state index contributed by atoms with van der Waals surface area (Å²) in [4.78, 5) is 2.31. The highest BCUT2D eigenvalue weighted by Gasteiger charge is 2.23. The standard InChI is InChI=1S/C16H12Br2N4S/c17-11-5-7-12(8-6-11)21-9-22-15(19-20-16(22)23-10-21)13-3-1-2-4-14(13)18/h1-8H,9-10H2. The van der Waals surface area contributed by atoms with Crippen LogP contribution in [0.5, 0.6) is 0 Å². The van der Waals surface area contributed by atoms with Crippen LogP contribution in [0.15, 0.2) is 62.6 Å². The Morgan fingerprint density at radius 2 is 1.74 bits per heavy atom. The molecule has 7 heteroatoms. The van der Waals surface area contributed by atoms with Gasteiger partial charge >= 0.3 is 0 Å². The molecule has 3 aromatic rings. The maximum atomic E-state index is 4.40. The van der Waals surface area contributed by atoms with E-state index in [1.54, 1.807) is 11.8 Å². The average molecular weight is 452 g/mol. The minimum atomic E-state index is 0.744. The quantitative estimate of drug-likeness (QED) is 0.549. The average Bonchev–Trinajstić information content (AvgIpc) is 2.99. The van der Waals surface area contributed by atoms with Gasteiger partial charge in [-0.15, -0.1) is 10.2 Å². The Kier molecular flexibility index (Phi) is 4.17. The number of anilines is 1. The Hall–Kier alpha value is -1.31. The van der Waals surface area contributed by atoms with E-state index in [0.29, 0.717) is 0 Å². The van der Waals surface area contributed by atoms with Gasteiger partial charge in [0.15, 0.2) is 11.0 Å². The number of hydrogen-bond acceptors (Lipinski definition) is 4. The molecular formula is C16H12Br2N4S. The van der Waals surface area contributed by atoms with Gasteiger partial charge in [-0.25, -0.2) is 0 Å². The molecule has 1 aliphatic heterocycles. The molecular weight excluding hydrogens is 440 g/mol. The van der Waals surface area contributed by atoms with E-state index in [2.05, 4.69) is 81.9 Å². The number of rotatable bonds is 2. The van der Waals surface area contributed by atoms with Gasteiger partial charge in [-0.05, 0) is 30.3 Å². The summed E-state index contributed by atoms with van der Waals surface area (Å²) in [6.45, 7) is 0.744. The van der Waals surface area contributed by atoms with E-state index in [0.717, 1.165) is 38.0 Å². The third kappa shape index (κ3) is 2.93. The molecule has 0 bridgehead atoms. The highest BCUT2D eigenvalue weighted by Crippen LogP contribution is 2.34. The fourth-order valence-electron chi connectivity index (χ4n) is 2.52. The van der Waals surface area contributed by atoms with E-state index in [-0.39, 0.29) is 0 Å². The second-order valence-electron chi connectivity index (χ2n) is 5.15. The summed E-state index contributed by atoms with van der Waals surface area (Å²) >= 11 is 8.80. The van der Waals surface area contributed by atoms with Crippen molar-refractivity contribution in [1.29, 1.82) is 0 Å². The van der Waals surface area contributed by atoms with E-state index in [1.165, 1.54) is 5.69 Å². The maximum Gasteiger partial charge on any atom is 0.194 e. The van der Waals surface area contributed by atoms with Crippen molar-refractivity contribution in [2.24, 2.45) is 0 Å². The lowest BCUT2D eigenvalue weighted by atomic mass is 10.2. The predicted octanol–water partition coefficient (Wildman–Crippen LogP) is 5.00. The van der Waals surface area contributed by atoms with Crippen LogP contribution in [0.25, 0.3) is 11.4 Å². The molecule has 116 valence electrons. The van der Waals surface area contributed by atoms with Crippen molar-refractivity contribution < 1.29 is 0 Å². The minimum absolute atomic E-state index is 0.744. The predicted molar refractivity (Wildman–Crippen MR) is 101 cm³/mol. The second kappa shape index (κ2) is 6.30. The molecule has 23 heavy (non-hydrogen) atoms. The summed E-state index contributed by atoms with van der Waals surface area (Å²) in [6.07, 6.45) is 0. The molecule has 2 aromatic carbocycles. The molecule has 0 aliphatic carbocycles. The van der Waals surface area contributed by atoms with Gasteiger partial charge in [0.2, 0.25) is 0 Å². The van der Waals surface area contributed by atoms with Gasteiger partial charge in [0, 0.05) is 20.2 Å². The summed E-state index contributed by atoms with van der Waals surface area (Å²) in [7, 11) is 0. The van der Waals surface area contributed by atoms with Crippen LogP contribution >= 0.6 is 43.6 Å². The van der Waals surface area contributed by atoms with Gasteiger partial charge < -0.3 is 4.90 Å². The van der Waals surface area contributed by atoms with Crippen molar-refractivity contribution in [3.63, 3.8) is 0 Å². The maximum absolute atomic E-state index is 4.40. The zero-order valence-corrected chi connectivity index (χ0v) is 16.0. The largest absolute Gasteiger partial charge is 0.344 e. The van der Waals surface area contributed by atoms with Crippen LogP contribution in [0.2, 0.25) is 0 Å². The molecule has 0 atom stereocenters. The SMILES string of the molecule is Brc1ccc(N2CSc3nnc(-c4ccccc4Br)n3C2)cc1. The molecule has 0 N–H and O–H groups in total. The normalized spacial score (nSPS) is 13.9. The molecule has 4 nitrogen and oxygen atoms in total. The van der Waals surface area contributed by atoms with Gasteiger partial charge in [-0.1, -0.05) is 61.8 Å². The number of thioether (sulfide) groups is 1. The molecule has 0 saturated carbocycles. The molecule has 1 aromatic heterocycles. The van der Waals surface area contributed by atoms with Crippen LogP contribution in [0.1, 0.15) is 0 Å². The van der Waals surface area contributed by atoms with Gasteiger partial charge in [-0.2, -0.15) is 0 Å². The van der Waals surface area contributed by atoms with Crippen LogP contribution < -0.4 is 4.90 Å². The zero-order chi connectivity index (χ0) is 15.8. The first-order chi connectivity index (χ1) is 11.2. The van der Waals surface area contributed by atoms with Gasteiger partial charge in [0.1, 0.15) is 0 Å². The van der Waals surface area contributed by atoms with Gasteiger partial charge in [0.25, 0.3) is 0 Å². The van der Waals surface area contributed by atoms with Crippen LogP contribution in [0.3, 0.4) is 0 Å². The Balaban J connectivity index is 1.70. The first kappa shape index (κ1) is 15.2. The molecule has 0 spiro atoms. The molecule has 2 heterocycles. The summed E-state index contributed by atoms with van der Waals surface area (Å²) in [5.41, 5.74) is 2.25. The summed E-state index contributed by atoms with van der Waals surface area (Å²) in [6, 6.07) is 16.5. The van der Waals surface area contributed by atoms with Crippen molar-refractivity contribution in [2.75, 3.05) is 10.8 Å². The Morgan fingerprint density at radius 1 is 0.957 bits per heavy atom. The monoisotopic (exact) mass is 450 g/mol. The van der Waals surface area contributed by atoms with Crippen molar-refractivity contribution in [3.05, 3.63) is 57.5 Å². The zero-order valence-electron chi connectivity index (χ0n) is 12.0. The Labute approximate surface area is 155 Å². The van der Waals surface area contributed by atoms with Crippen LogP contribution in [-0.4, -0.2) is 20.6 Å². The van der Waals surface area contributed by atoms with Crippen LogP contribution in [0.4, 0.5) is 5.69 Å². The van der Waals surface area contributed by atoms with Gasteiger partial charge in [-0.3, -0.25) is 4.57 Å². The van der Waals surface area contributed by atoms with Crippen molar-refractivity contribution in [3.8, 4) is 11.4 Å². The molecule has 1 aliphatic rings. The minimum Gasteiger partial charge on any atom is -0.344 e. The van der Waals surface area contributed by atoms with E-state index >= 15 is 0 Å². The Morgan fingerprint density at radius 3 is 2.52 bits per heavy atom. The lowest BCUT2D eigenvalue weighted by molar-refractivity contribution is 0.608. The van der Waals surface area contributed by atoms with Gasteiger partial charge in [0.05, 0.1) is 12.5 Å². The fraction of sp³-hybridized carbons (Fsp3) is 0.125. The smallest absolute Gasteiger partial charge is 0.194 e. The summed E-state index contributed by atoms with van der Waals surface area (Å²) in [5, 5.41) is 9.70. The second-order valence-corrected chi connectivity index (χ2v) is 7.83. The van der Waals surface area contributed by atoms with E-state index < -0.39 is 0 Å². The van der Waals surface area contributed by atoms with Crippen molar-refractivity contribution >= 4 is 49.3 Å². The number of benzene rings is 2. The van der Waals surface area contributed by atoms with E-state index in [9.17, 15) is 0 Å². The first-order valence-corrected chi connectivity index (χ1v) is 9.61. The molecule has 0 radical (unpaired) electrons. The third-order valence-corrected chi connectivity index (χ3v) is 5.91. The highest BCUT2D eigenvalue weighted by atomic mass is 79.9. The van der Waals surface area contributed by atoms with Crippen LogP contribution in [0, 0.1) is 0 Å². The third-order valence-electron chi connectivity index (χ3n) is 3.68. The van der Waals surface area contributed by atoms with Crippen molar-refractivity contribution in [1.82, 2.24) is 14.8 Å². The van der Waals surface area contributed by atoms with E-state index in [4.69, 9.17) is 0 Å². The highest BCUT2D eigenvalue weighted by molar-refractivity contribution is 9.10. The van der Waals surface area contributed by atoms with Crippen LogP contribution in [-0.2, 0) is 6.67 Å². The topological polar surface area (TPSA) is 34.0 Å². The van der Waals surface area contributed by atoms with E-state index in [1.807, 2.05) is 18.2 Å². The molecule has 4 rings (SSSR count). The molecule has 0 amide bonds. The number of aromatic nitrogens is 3. The first-order valence-electron chi connectivity index (χ1n) is 7.04. The molecule has 0 saturated heterocycles. The lowest BCUT2D eigenvalue weighted by Crippen LogP contribution is -2.30. The number of halogens is 2. The molecule has 0 fully saturated rings. The van der Waals surface area contributed by atoms with Crippen molar-refractivity contribution in [2.45, 2.75) is 11.8 Å². The summed E-state index contributed by atoms with van der Waals surface area (Å²) in [5.74, 6) is 1.76. The lowest BCUT2D eigenvalue weighted by Gasteiger charge is -2.29. The number of nitrogens with zero attached hydrogens (tertiary/aromatic N) is 4. The number of hydrogen-bond donors (Lipinski definition) is 0.